The summed E-state index contributed by atoms with van der Waals surface area (Å²) in [5.41, 5.74) is 6.19. The first kappa shape index (κ1) is 10.1. The van der Waals surface area contributed by atoms with Crippen molar-refractivity contribution in [3.8, 4) is 11.3 Å². The van der Waals surface area contributed by atoms with Crippen molar-refractivity contribution in [2.24, 2.45) is 0 Å². The fourth-order valence-corrected chi connectivity index (χ4v) is 1.33. The van der Waals surface area contributed by atoms with Crippen LogP contribution >= 0.6 is 0 Å². The fourth-order valence-electron chi connectivity index (χ4n) is 1.33. The zero-order valence-corrected chi connectivity index (χ0v) is 7.98. The Bertz CT molecular complexity index is 552. The summed E-state index contributed by atoms with van der Waals surface area (Å²) in [4.78, 5) is 9.75. The van der Waals surface area contributed by atoms with Crippen molar-refractivity contribution in [1.29, 1.82) is 0 Å². The number of nitro groups is 1. The molecule has 0 aliphatic rings. The summed E-state index contributed by atoms with van der Waals surface area (Å²) in [7, 11) is 0. The Kier molecular flexibility index (Phi) is 2.28. The van der Waals surface area contributed by atoms with Crippen molar-refractivity contribution < 1.29 is 9.31 Å². The fraction of sp³-hybridized carbons (Fsp3) is 0. The summed E-state index contributed by atoms with van der Waals surface area (Å²) in [5, 5.41) is 16.8. The van der Waals surface area contributed by atoms with E-state index in [-0.39, 0.29) is 0 Å². The molecule has 2 rings (SSSR count). The van der Waals surface area contributed by atoms with E-state index in [0.717, 1.165) is 12.1 Å². The minimum absolute atomic E-state index is 0.348. The van der Waals surface area contributed by atoms with E-state index in [2.05, 4.69) is 10.2 Å². The number of hydrogen-bond donors (Lipinski definition) is 2. The van der Waals surface area contributed by atoms with Crippen molar-refractivity contribution in [2.45, 2.75) is 0 Å². The SMILES string of the molecule is Nc1cn[nH]c1-c1ccc(F)c([N+](=O)[O-])c1. The largest absolute Gasteiger partial charge is 0.396 e. The second-order valence-electron chi connectivity index (χ2n) is 3.12. The highest BCUT2D eigenvalue weighted by Crippen LogP contribution is 2.27. The van der Waals surface area contributed by atoms with Crippen LogP contribution in [0.15, 0.2) is 24.4 Å². The quantitative estimate of drug-likeness (QED) is 0.596. The van der Waals surface area contributed by atoms with Crippen LogP contribution in [0.4, 0.5) is 15.8 Å². The number of H-pyrrole nitrogens is 1. The first-order chi connectivity index (χ1) is 7.59. The Morgan fingerprint density at radius 3 is 2.81 bits per heavy atom. The molecule has 0 unspecified atom stereocenters. The van der Waals surface area contributed by atoms with Gasteiger partial charge in [-0.1, -0.05) is 0 Å². The van der Waals surface area contributed by atoms with Gasteiger partial charge in [0.1, 0.15) is 0 Å². The van der Waals surface area contributed by atoms with Gasteiger partial charge >= 0.3 is 5.69 Å². The molecule has 0 atom stereocenters. The van der Waals surface area contributed by atoms with Crippen LogP contribution in [0.25, 0.3) is 11.3 Å². The zero-order valence-electron chi connectivity index (χ0n) is 7.98. The van der Waals surface area contributed by atoms with Crippen molar-refractivity contribution in [3.05, 3.63) is 40.3 Å². The molecule has 2 aromatic rings. The van der Waals surface area contributed by atoms with Gasteiger partial charge in [0.25, 0.3) is 0 Å². The van der Waals surface area contributed by atoms with E-state index < -0.39 is 16.4 Å². The second-order valence-corrected chi connectivity index (χ2v) is 3.12. The highest BCUT2D eigenvalue weighted by Gasteiger charge is 2.16. The lowest BCUT2D eigenvalue weighted by Gasteiger charge is -2.00. The molecule has 1 aromatic carbocycles. The number of halogens is 1. The number of anilines is 1. The Morgan fingerprint density at radius 1 is 1.50 bits per heavy atom. The molecule has 0 aliphatic heterocycles. The summed E-state index contributed by atoms with van der Waals surface area (Å²) in [6.45, 7) is 0. The number of nitrogens with one attached hydrogen (secondary N) is 1. The molecule has 0 saturated heterocycles. The van der Waals surface area contributed by atoms with Crippen LogP contribution in [0.1, 0.15) is 0 Å². The normalized spacial score (nSPS) is 10.3. The number of nitrogens with zero attached hydrogens (tertiary/aromatic N) is 2. The summed E-state index contributed by atoms with van der Waals surface area (Å²) in [6.07, 6.45) is 1.38. The smallest absolute Gasteiger partial charge is 0.305 e. The van der Waals surface area contributed by atoms with Crippen LogP contribution < -0.4 is 5.73 Å². The van der Waals surface area contributed by atoms with Crippen LogP contribution in [0.5, 0.6) is 0 Å². The number of benzene rings is 1. The van der Waals surface area contributed by atoms with Crippen LogP contribution in [-0.4, -0.2) is 15.1 Å². The monoisotopic (exact) mass is 222 g/mol. The van der Waals surface area contributed by atoms with Gasteiger partial charge in [0.15, 0.2) is 0 Å². The van der Waals surface area contributed by atoms with Gasteiger partial charge in [-0.3, -0.25) is 15.2 Å². The standard InChI is InChI=1S/C9H7FN4O2/c10-6-2-1-5(3-8(6)14(15)16)9-7(11)4-12-13-9/h1-4H,11H2,(H,12,13). The number of nitrogens with two attached hydrogens (primary N) is 1. The molecule has 82 valence electrons. The molecule has 0 bridgehead atoms. The lowest BCUT2D eigenvalue weighted by atomic mass is 10.1. The van der Waals surface area contributed by atoms with E-state index >= 15 is 0 Å². The van der Waals surface area contributed by atoms with E-state index in [1.807, 2.05) is 0 Å². The average molecular weight is 222 g/mol. The zero-order chi connectivity index (χ0) is 11.7. The molecule has 0 amide bonds. The van der Waals surface area contributed by atoms with Crippen LogP contribution in [-0.2, 0) is 0 Å². The van der Waals surface area contributed by atoms with Crippen molar-refractivity contribution in [2.75, 3.05) is 5.73 Å². The summed E-state index contributed by atoms with van der Waals surface area (Å²) in [6, 6.07) is 3.53. The van der Waals surface area contributed by atoms with Gasteiger partial charge in [-0.05, 0) is 12.1 Å². The topological polar surface area (TPSA) is 97.8 Å². The summed E-state index contributed by atoms with van der Waals surface area (Å²) in [5.74, 6) is -0.883. The molecule has 3 N–H and O–H groups in total. The van der Waals surface area contributed by atoms with Crippen LogP contribution in [0.2, 0.25) is 0 Å². The highest BCUT2D eigenvalue weighted by atomic mass is 19.1. The van der Waals surface area contributed by atoms with Crippen molar-refractivity contribution in [3.63, 3.8) is 0 Å². The minimum Gasteiger partial charge on any atom is -0.396 e. The van der Waals surface area contributed by atoms with Crippen molar-refractivity contribution in [1.82, 2.24) is 10.2 Å². The molecular formula is C9H7FN4O2. The van der Waals surface area contributed by atoms with Gasteiger partial charge in [0.2, 0.25) is 5.82 Å². The number of aromatic nitrogens is 2. The Morgan fingerprint density at radius 2 is 2.25 bits per heavy atom. The van der Waals surface area contributed by atoms with Gasteiger partial charge in [0.05, 0.1) is 22.5 Å². The molecule has 6 nitrogen and oxygen atoms in total. The molecule has 1 aromatic heterocycles. The third-order valence-electron chi connectivity index (χ3n) is 2.10. The van der Waals surface area contributed by atoms with Gasteiger partial charge in [-0.15, -0.1) is 0 Å². The van der Waals surface area contributed by atoms with E-state index in [4.69, 9.17) is 5.73 Å². The molecule has 0 spiro atoms. The Balaban J connectivity index is 2.56. The molecular weight excluding hydrogens is 215 g/mol. The maximum Gasteiger partial charge on any atom is 0.305 e. The van der Waals surface area contributed by atoms with Crippen LogP contribution in [0.3, 0.4) is 0 Å². The molecule has 16 heavy (non-hydrogen) atoms. The number of nitro benzene ring substituents is 1. The molecule has 0 saturated carbocycles. The maximum atomic E-state index is 13.1. The van der Waals surface area contributed by atoms with Gasteiger partial charge in [-0.2, -0.15) is 9.49 Å². The van der Waals surface area contributed by atoms with Gasteiger partial charge in [0, 0.05) is 11.6 Å². The Hall–Kier alpha value is -2.44. The van der Waals surface area contributed by atoms with Crippen molar-refractivity contribution >= 4 is 11.4 Å². The molecule has 7 heteroatoms. The number of aromatic amines is 1. The Labute approximate surface area is 89.0 Å². The first-order valence-electron chi connectivity index (χ1n) is 4.32. The van der Waals surface area contributed by atoms with Crippen LogP contribution in [0, 0.1) is 15.9 Å². The number of rotatable bonds is 2. The predicted octanol–water partition coefficient (Wildman–Crippen LogP) is 1.71. The van der Waals surface area contributed by atoms with Gasteiger partial charge in [-0.25, -0.2) is 0 Å². The maximum absolute atomic E-state index is 13.1. The minimum atomic E-state index is -0.883. The molecule has 0 fully saturated rings. The van der Waals surface area contributed by atoms with E-state index in [1.165, 1.54) is 12.3 Å². The van der Waals surface area contributed by atoms with E-state index in [9.17, 15) is 14.5 Å². The third kappa shape index (κ3) is 1.58. The lowest BCUT2D eigenvalue weighted by molar-refractivity contribution is -0.387. The summed E-state index contributed by atoms with van der Waals surface area (Å²) >= 11 is 0. The van der Waals surface area contributed by atoms with E-state index in [1.54, 1.807) is 0 Å². The predicted molar refractivity (Wildman–Crippen MR) is 55.0 cm³/mol. The number of nitrogen functional groups attached to an aromatic ring is 1. The number of hydrogen-bond acceptors (Lipinski definition) is 4. The molecule has 0 aliphatic carbocycles. The highest BCUT2D eigenvalue weighted by molar-refractivity contribution is 5.73. The van der Waals surface area contributed by atoms with Gasteiger partial charge < -0.3 is 5.73 Å². The second kappa shape index (κ2) is 3.61. The third-order valence-corrected chi connectivity index (χ3v) is 2.10. The first-order valence-corrected chi connectivity index (χ1v) is 4.32. The average Bonchev–Trinajstić information content (AvgIpc) is 2.65. The molecule has 1 heterocycles. The molecule has 0 radical (unpaired) electrons. The lowest BCUT2D eigenvalue weighted by Crippen LogP contribution is -1.94. The van der Waals surface area contributed by atoms with E-state index in [0.29, 0.717) is 16.9 Å². The summed E-state index contributed by atoms with van der Waals surface area (Å²) < 4.78 is 13.1.